The van der Waals surface area contributed by atoms with Crippen LogP contribution in [0.4, 0.5) is 13.2 Å². The van der Waals surface area contributed by atoms with Gasteiger partial charge in [-0.05, 0) is 31.7 Å². The van der Waals surface area contributed by atoms with E-state index in [9.17, 15) is 18.0 Å². The summed E-state index contributed by atoms with van der Waals surface area (Å²) in [6.07, 6.45) is 0.174. The van der Waals surface area contributed by atoms with Crippen molar-refractivity contribution in [2.45, 2.75) is 50.6 Å². The first-order valence-corrected chi connectivity index (χ1v) is 9.36. The van der Waals surface area contributed by atoms with Crippen LogP contribution >= 0.6 is 0 Å². The van der Waals surface area contributed by atoms with Crippen molar-refractivity contribution in [2.24, 2.45) is 5.73 Å². The summed E-state index contributed by atoms with van der Waals surface area (Å²) in [6, 6.07) is 5.89. The summed E-state index contributed by atoms with van der Waals surface area (Å²) < 4.78 is 43.8. The Morgan fingerprint density at radius 2 is 2.07 bits per heavy atom. The number of ether oxygens (including phenoxy) is 1. The standard InChI is InChI=1S/C19H20F3N5O2/c20-19(21,22)29-15-7-2-1-4-11(15)8-16-25-17-14(18(28)26-16)10-24-27(17)13-6-3-5-12(23)9-13/h1-2,4,7,10,12-13H,3,5-6,8-9,23H2,(H,25,26,28)/t12-,13+/m0/s1. The van der Waals surface area contributed by atoms with Crippen LogP contribution in [0.2, 0.25) is 0 Å². The van der Waals surface area contributed by atoms with Gasteiger partial charge in [0, 0.05) is 18.0 Å². The molecule has 0 saturated heterocycles. The minimum absolute atomic E-state index is 0.0210. The van der Waals surface area contributed by atoms with E-state index in [4.69, 9.17) is 5.73 Å². The first kappa shape index (κ1) is 19.4. The van der Waals surface area contributed by atoms with Crippen molar-refractivity contribution >= 4 is 11.0 Å². The van der Waals surface area contributed by atoms with Crippen LogP contribution in [0.15, 0.2) is 35.3 Å². The zero-order valence-electron chi connectivity index (χ0n) is 15.4. The lowest BCUT2D eigenvalue weighted by Gasteiger charge is -2.27. The Morgan fingerprint density at radius 3 is 2.83 bits per heavy atom. The molecule has 0 unspecified atom stereocenters. The monoisotopic (exact) mass is 407 g/mol. The van der Waals surface area contributed by atoms with Gasteiger partial charge in [-0.2, -0.15) is 5.10 Å². The van der Waals surface area contributed by atoms with E-state index >= 15 is 0 Å². The molecular weight excluding hydrogens is 387 g/mol. The maximum atomic E-state index is 12.7. The molecule has 3 N–H and O–H groups in total. The Kier molecular flexibility index (Phi) is 5.03. The lowest BCUT2D eigenvalue weighted by molar-refractivity contribution is -0.274. The average molecular weight is 407 g/mol. The summed E-state index contributed by atoms with van der Waals surface area (Å²) in [5.74, 6) is -0.0860. The molecule has 0 amide bonds. The van der Waals surface area contributed by atoms with Gasteiger partial charge in [-0.25, -0.2) is 9.67 Å². The highest BCUT2D eigenvalue weighted by Crippen LogP contribution is 2.30. The van der Waals surface area contributed by atoms with Crippen molar-refractivity contribution in [2.75, 3.05) is 0 Å². The summed E-state index contributed by atoms with van der Waals surface area (Å²) in [5.41, 5.74) is 6.36. The topological polar surface area (TPSA) is 98.8 Å². The Bertz CT molecular complexity index is 1080. The largest absolute Gasteiger partial charge is 0.573 e. The zero-order valence-corrected chi connectivity index (χ0v) is 15.4. The van der Waals surface area contributed by atoms with Crippen LogP contribution in [-0.4, -0.2) is 32.2 Å². The molecule has 0 aliphatic heterocycles. The number of hydrogen-bond donors (Lipinski definition) is 2. The number of H-pyrrole nitrogens is 1. The number of nitrogens with one attached hydrogen (secondary N) is 1. The van der Waals surface area contributed by atoms with Crippen LogP contribution in [0, 0.1) is 0 Å². The fraction of sp³-hybridized carbons (Fsp3) is 0.421. The van der Waals surface area contributed by atoms with Crippen molar-refractivity contribution in [1.29, 1.82) is 0 Å². The van der Waals surface area contributed by atoms with Crippen LogP contribution in [0.5, 0.6) is 5.75 Å². The predicted octanol–water partition coefficient (Wildman–Crippen LogP) is 3.05. The number of aromatic nitrogens is 4. The second-order valence-corrected chi connectivity index (χ2v) is 7.25. The number of fused-ring (bicyclic) bond motifs is 1. The molecule has 3 aromatic rings. The number of nitrogens with zero attached hydrogens (tertiary/aromatic N) is 3. The van der Waals surface area contributed by atoms with E-state index in [-0.39, 0.29) is 41.2 Å². The van der Waals surface area contributed by atoms with Gasteiger partial charge in [-0.15, -0.1) is 13.2 Å². The van der Waals surface area contributed by atoms with E-state index in [0.717, 1.165) is 25.7 Å². The van der Waals surface area contributed by atoms with Crippen molar-refractivity contribution in [1.82, 2.24) is 19.7 Å². The number of benzene rings is 1. The lowest BCUT2D eigenvalue weighted by atomic mass is 9.92. The molecule has 10 heteroatoms. The van der Waals surface area contributed by atoms with E-state index in [1.54, 1.807) is 10.7 Å². The fourth-order valence-corrected chi connectivity index (χ4v) is 3.81. The molecule has 0 radical (unpaired) electrons. The third-order valence-corrected chi connectivity index (χ3v) is 5.10. The SMILES string of the molecule is N[C@H]1CCC[C@@H](n2ncc3c(=O)[nH]c(Cc4ccccc4OC(F)(F)F)nc32)C1. The quantitative estimate of drug-likeness (QED) is 0.693. The van der Waals surface area contributed by atoms with Crippen LogP contribution in [0.1, 0.15) is 43.1 Å². The van der Waals surface area contributed by atoms with Crippen LogP contribution < -0.4 is 16.0 Å². The molecule has 29 heavy (non-hydrogen) atoms. The van der Waals surface area contributed by atoms with Gasteiger partial charge in [0.25, 0.3) is 5.56 Å². The van der Waals surface area contributed by atoms with E-state index < -0.39 is 6.36 Å². The predicted molar refractivity (Wildman–Crippen MR) is 99.6 cm³/mol. The van der Waals surface area contributed by atoms with Gasteiger partial charge >= 0.3 is 6.36 Å². The van der Waals surface area contributed by atoms with E-state index in [0.29, 0.717) is 11.0 Å². The Labute approximate surface area is 163 Å². The molecule has 4 rings (SSSR count). The molecule has 2 atom stereocenters. The smallest absolute Gasteiger partial charge is 0.405 e. The average Bonchev–Trinajstić information content (AvgIpc) is 3.07. The van der Waals surface area contributed by atoms with Gasteiger partial charge in [0.05, 0.1) is 12.2 Å². The van der Waals surface area contributed by atoms with Crippen molar-refractivity contribution in [3.8, 4) is 5.75 Å². The van der Waals surface area contributed by atoms with Crippen molar-refractivity contribution in [3.05, 3.63) is 52.2 Å². The van der Waals surface area contributed by atoms with Gasteiger partial charge in [0.1, 0.15) is 17.0 Å². The van der Waals surface area contributed by atoms with Gasteiger partial charge < -0.3 is 15.5 Å². The third-order valence-electron chi connectivity index (χ3n) is 5.10. The molecule has 1 aromatic carbocycles. The number of rotatable bonds is 4. The molecule has 0 bridgehead atoms. The van der Waals surface area contributed by atoms with E-state index in [1.165, 1.54) is 24.4 Å². The van der Waals surface area contributed by atoms with Crippen LogP contribution in [-0.2, 0) is 6.42 Å². The Morgan fingerprint density at radius 1 is 1.28 bits per heavy atom. The van der Waals surface area contributed by atoms with E-state index in [1.807, 2.05) is 0 Å². The van der Waals surface area contributed by atoms with Gasteiger partial charge in [0.2, 0.25) is 0 Å². The van der Waals surface area contributed by atoms with Crippen molar-refractivity contribution < 1.29 is 17.9 Å². The normalized spacial score (nSPS) is 20.1. The number of hydrogen-bond acceptors (Lipinski definition) is 5. The molecule has 1 aliphatic rings. The highest BCUT2D eigenvalue weighted by molar-refractivity contribution is 5.73. The number of para-hydroxylation sites is 1. The number of aromatic amines is 1. The summed E-state index contributed by atoms with van der Waals surface area (Å²) in [5, 5.41) is 4.67. The molecule has 0 spiro atoms. The minimum atomic E-state index is -4.81. The Balaban J connectivity index is 1.69. The summed E-state index contributed by atoms with van der Waals surface area (Å²) in [7, 11) is 0. The molecule has 1 saturated carbocycles. The van der Waals surface area contributed by atoms with Crippen LogP contribution in [0.3, 0.4) is 0 Å². The second kappa shape index (κ2) is 7.51. The van der Waals surface area contributed by atoms with Gasteiger partial charge in [-0.3, -0.25) is 4.79 Å². The number of halogens is 3. The highest BCUT2D eigenvalue weighted by Gasteiger charge is 2.32. The molecule has 154 valence electrons. The lowest BCUT2D eigenvalue weighted by Crippen LogP contribution is -2.30. The molecule has 7 nitrogen and oxygen atoms in total. The highest BCUT2D eigenvalue weighted by atomic mass is 19.4. The van der Waals surface area contributed by atoms with Crippen LogP contribution in [0.25, 0.3) is 11.0 Å². The maximum absolute atomic E-state index is 12.7. The summed E-state index contributed by atoms with van der Waals surface area (Å²) >= 11 is 0. The molecule has 1 fully saturated rings. The van der Waals surface area contributed by atoms with Crippen molar-refractivity contribution in [3.63, 3.8) is 0 Å². The number of nitrogens with two attached hydrogens (primary N) is 1. The molecule has 2 aromatic heterocycles. The third kappa shape index (κ3) is 4.26. The maximum Gasteiger partial charge on any atom is 0.573 e. The summed E-state index contributed by atoms with van der Waals surface area (Å²) in [4.78, 5) is 19.6. The molecule has 1 aliphatic carbocycles. The minimum Gasteiger partial charge on any atom is -0.405 e. The summed E-state index contributed by atoms with van der Waals surface area (Å²) in [6.45, 7) is 0. The van der Waals surface area contributed by atoms with Gasteiger partial charge in [0.15, 0.2) is 5.65 Å². The fourth-order valence-electron chi connectivity index (χ4n) is 3.81. The molecular formula is C19H20F3N5O2. The number of alkyl halides is 3. The second-order valence-electron chi connectivity index (χ2n) is 7.25. The first-order valence-electron chi connectivity index (χ1n) is 9.36. The Hall–Kier alpha value is -2.88. The van der Waals surface area contributed by atoms with E-state index in [2.05, 4.69) is 19.8 Å². The van der Waals surface area contributed by atoms with Gasteiger partial charge in [-0.1, -0.05) is 18.2 Å². The zero-order chi connectivity index (χ0) is 20.6. The first-order chi connectivity index (χ1) is 13.8. The molecule has 2 heterocycles.